The molecule has 3 nitrogen and oxygen atoms in total. The molecule has 88 valence electrons. The van der Waals surface area contributed by atoms with E-state index in [-0.39, 0.29) is 0 Å². The van der Waals surface area contributed by atoms with Crippen LogP contribution in [-0.4, -0.2) is 32.3 Å². The van der Waals surface area contributed by atoms with E-state index in [4.69, 9.17) is 4.74 Å². The summed E-state index contributed by atoms with van der Waals surface area (Å²) in [6, 6.07) is 9.41. The van der Waals surface area contributed by atoms with Gasteiger partial charge in [-0.3, -0.25) is 0 Å². The Morgan fingerprint density at radius 2 is 1.94 bits per heavy atom. The molecule has 0 aromatic heterocycles. The lowest BCUT2D eigenvalue weighted by molar-refractivity contribution is 0.413. The second-order valence-electron chi connectivity index (χ2n) is 4.51. The van der Waals surface area contributed by atoms with Crippen LogP contribution in [0, 0.1) is 0 Å². The Labute approximate surface area is 97.4 Å². The molecule has 2 atom stereocenters. The summed E-state index contributed by atoms with van der Waals surface area (Å²) in [5.74, 6) is 0.916. The van der Waals surface area contributed by atoms with E-state index < -0.39 is 0 Å². The predicted octanol–water partition coefficient (Wildman–Crippen LogP) is 1.88. The molecule has 1 N–H and O–H groups in total. The van der Waals surface area contributed by atoms with E-state index >= 15 is 0 Å². The second kappa shape index (κ2) is 4.74. The molecule has 0 spiro atoms. The molecule has 0 saturated carbocycles. The van der Waals surface area contributed by atoms with Crippen molar-refractivity contribution >= 4 is 5.69 Å². The Morgan fingerprint density at radius 1 is 1.25 bits per heavy atom. The molecule has 0 unspecified atom stereocenters. The Kier molecular flexibility index (Phi) is 3.34. The number of anilines is 1. The van der Waals surface area contributed by atoms with Crippen molar-refractivity contribution in [3.63, 3.8) is 0 Å². The van der Waals surface area contributed by atoms with Crippen LogP contribution in [0.3, 0.4) is 0 Å². The summed E-state index contributed by atoms with van der Waals surface area (Å²) < 4.78 is 5.17. The van der Waals surface area contributed by atoms with Crippen molar-refractivity contribution in [3.05, 3.63) is 24.3 Å². The number of nitrogens with one attached hydrogen (secondary N) is 1. The molecular formula is C13H20N2O. The number of hydrogen-bond acceptors (Lipinski definition) is 3. The molecule has 0 aliphatic carbocycles. The molecule has 1 aliphatic heterocycles. The number of rotatable bonds is 2. The molecule has 16 heavy (non-hydrogen) atoms. The van der Waals surface area contributed by atoms with Crippen molar-refractivity contribution in [1.29, 1.82) is 0 Å². The Hall–Kier alpha value is -1.22. The summed E-state index contributed by atoms with van der Waals surface area (Å²) >= 11 is 0. The fourth-order valence-corrected chi connectivity index (χ4v) is 2.16. The summed E-state index contributed by atoms with van der Waals surface area (Å²) in [7, 11) is 1.70. The molecule has 0 radical (unpaired) electrons. The van der Waals surface area contributed by atoms with Gasteiger partial charge in [0.2, 0.25) is 0 Å². The first-order valence-corrected chi connectivity index (χ1v) is 5.85. The molecule has 1 fully saturated rings. The average molecular weight is 220 g/mol. The molecule has 1 aromatic rings. The fraction of sp³-hybridized carbons (Fsp3) is 0.538. The third-order valence-corrected chi connectivity index (χ3v) is 3.17. The first-order chi connectivity index (χ1) is 7.70. The molecule has 3 heteroatoms. The van der Waals surface area contributed by atoms with E-state index in [2.05, 4.69) is 36.2 Å². The van der Waals surface area contributed by atoms with Gasteiger partial charge in [0.05, 0.1) is 7.11 Å². The highest BCUT2D eigenvalue weighted by atomic mass is 16.5. The van der Waals surface area contributed by atoms with E-state index in [1.165, 1.54) is 5.69 Å². The third kappa shape index (κ3) is 2.30. The van der Waals surface area contributed by atoms with E-state index in [0.29, 0.717) is 12.1 Å². The van der Waals surface area contributed by atoms with Gasteiger partial charge in [0.15, 0.2) is 0 Å². The minimum absolute atomic E-state index is 0.546. The smallest absolute Gasteiger partial charge is 0.119 e. The van der Waals surface area contributed by atoms with Gasteiger partial charge in [-0.2, -0.15) is 0 Å². The van der Waals surface area contributed by atoms with Gasteiger partial charge in [-0.05, 0) is 38.1 Å². The molecule has 1 heterocycles. The van der Waals surface area contributed by atoms with Crippen LogP contribution >= 0.6 is 0 Å². The maximum Gasteiger partial charge on any atom is 0.119 e. The van der Waals surface area contributed by atoms with Gasteiger partial charge < -0.3 is 15.0 Å². The van der Waals surface area contributed by atoms with Crippen LogP contribution in [0.4, 0.5) is 5.69 Å². The molecule has 0 amide bonds. The fourth-order valence-electron chi connectivity index (χ4n) is 2.16. The zero-order valence-corrected chi connectivity index (χ0v) is 10.2. The Balaban J connectivity index is 2.15. The van der Waals surface area contributed by atoms with Crippen LogP contribution < -0.4 is 15.0 Å². The highest BCUT2D eigenvalue weighted by molar-refractivity contribution is 5.50. The van der Waals surface area contributed by atoms with E-state index in [1.54, 1.807) is 7.11 Å². The van der Waals surface area contributed by atoms with Gasteiger partial charge in [0.1, 0.15) is 5.75 Å². The monoisotopic (exact) mass is 220 g/mol. The van der Waals surface area contributed by atoms with Gasteiger partial charge >= 0.3 is 0 Å². The number of benzene rings is 1. The quantitative estimate of drug-likeness (QED) is 0.823. The number of hydrogen-bond donors (Lipinski definition) is 1. The van der Waals surface area contributed by atoms with E-state index in [9.17, 15) is 0 Å². The summed E-state index contributed by atoms with van der Waals surface area (Å²) in [6.07, 6.45) is 0. The summed E-state index contributed by atoms with van der Waals surface area (Å²) in [5, 5.41) is 3.49. The summed E-state index contributed by atoms with van der Waals surface area (Å²) in [4.78, 5) is 2.45. The lowest BCUT2D eigenvalue weighted by Crippen LogP contribution is -2.54. The largest absolute Gasteiger partial charge is 0.497 e. The zero-order chi connectivity index (χ0) is 11.5. The van der Waals surface area contributed by atoms with Gasteiger partial charge in [-0.15, -0.1) is 0 Å². The topological polar surface area (TPSA) is 24.5 Å². The highest BCUT2D eigenvalue weighted by Gasteiger charge is 2.22. The Morgan fingerprint density at radius 3 is 2.56 bits per heavy atom. The van der Waals surface area contributed by atoms with Gasteiger partial charge in [-0.25, -0.2) is 0 Å². The molecular weight excluding hydrogens is 200 g/mol. The first-order valence-electron chi connectivity index (χ1n) is 5.85. The van der Waals surface area contributed by atoms with Crippen LogP contribution in [0.1, 0.15) is 13.8 Å². The lowest BCUT2D eigenvalue weighted by atomic mass is 10.1. The number of piperazine rings is 1. The summed E-state index contributed by atoms with van der Waals surface area (Å²) in [5.41, 5.74) is 1.28. The minimum Gasteiger partial charge on any atom is -0.497 e. The van der Waals surface area contributed by atoms with E-state index in [0.717, 1.165) is 18.8 Å². The first kappa shape index (κ1) is 11.3. The zero-order valence-electron chi connectivity index (χ0n) is 10.2. The van der Waals surface area contributed by atoms with Crippen LogP contribution in [0.2, 0.25) is 0 Å². The lowest BCUT2D eigenvalue weighted by Gasteiger charge is -2.39. The highest BCUT2D eigenvalue weighted by Crippen LogP contribution is 2.22. The predicted molar refractivity (Wildman–Crippen MR) is 67.3 cm³/mol. The number of nitrogens with zero attached hydrogens (tertiary/aromatic N) is 1. The maximum absolute atomic E-state index is 5.17. The van der Waals surface area contributed by atoms with E-state index in [1.807, 2.05) is 12.1 Å². The van der Waals surface area contributed by atoms with Crippen molar-refractivity contribution in [2.75, 3.05) is 25.1 Å². The van der Waals surface area contributed by atoms with Crippen LogP contribution in [0.25, 0.3) is 0 Å². The van der Waals surface area contributed by atoms with Crippen molar-refractivity contribution in [2.45, 2.75) is 25.9 Å². The van der Waals surface area contributed by atoms with Crippen LogP contribution in [0.5, 0.6) is 5.75 Å². The molecule has 1 saturated heterocycles. The average Bonchev–Trinajstić information content (AvgIpc) is 2.32. The summed E-state index contributed by atoms with van der Waals surface area (Å²) in [6.45, 7) is 6.59. The maximum atomic E-state index is 5.17. The van der Waals surface area contributed by atoms with Crippen LogP contribution in [-0.2, 0) is 0 Å². The molecule has 0 bridgehead atoms. The van der Waals surface area contributed by atoms with Crippen LogP contribution in [0.15, 0.2) is 24.3 Å². The van der Waals surface area contributed by atoms with Gasteiger partial charge in [0, 0.05) is 30.9 Å². The Bertz CT molecular complexity index is 336. The van der Waals surface area contributed by atoms with Gasteiger partial charge in [-0.1, -0.05) is 0 Å². The normalized spacial score (nSPS) is 25.6. The number of ether oxygens (including phenoxy) is 1. The number of methoxy groups -OCH3 is 1. The van der Waals surface area contributed by atoms with Gasteiger partial charge in [0.25, 0.3) is 0 Å². The van der Waals surface area contributed by atoms with Crippen molar-refractivity contribution < 1.29 is 4.74 Å². The van der Waals surface area contributed by atoms with Crippen molar-refractivity contribution in [1.82, 2.24) is 5.32 Å². The standard InChI is InChI=1S/C13H20N2O/c1-10-9-15(11(2)8-14-10)12-4-6-13(16-3)7-5-12/h4-7,10-11,14H,8-9H2,1-3H3/t10-,11+/m0/s1. The SMILES string of the molecule is COc1ccc(N2C[C@H](C)NC[C@H]2C)cc1. The molecule has 1 aromatic carbocycles. The van der Waals surface area contributed by atoms with Crippen molar-refractivity contribution in [3.8, 4) is 5.75 Å². The van der Waals surface area contributed by atoms with Crippen molar-refractivity contribution in [2.24, 2.45) is 0 Å². The molecule has 2 rings (SSSR count). The third-order valence-electron chi connectivity index (χ3n) is 3.17. The second-order valence-corrected chi connectivity index (χ2v) is 4.51. The molecule has 1 aliphatic rings. The minimum atomic E-state index is 0.546.